The summed E-state index contributed by atoms with van der Waals surface area (Å²) in [7, 11) is 1.33. The summed E-state index contributed by atoms with van der Waals surface area (Å²) in [5.74, 6) is -0.439. The van der Waals surface area contributed by atoms with Crippen molar-refractivity contribution in [1.29, 1.82) is 0 Å². The molecule has 1 aromatic carbocycles. The standard InChI is InChI=1S/C15H10ClNO3/c1-19-15(18)9-6-11-12(8-20-14(11)17-7-9)10-4-2-3-5-13(10)16/h2-8H,1H3. The molecule has 0 amide bonds. The molecule has 0 atom stereocenters. The number of nitrogens with zero attached hydrogens (tertiary/aromatic N) is 1. The Morgan fingerprint density at radius 1 is 1.30 bits per heavy atom. The van der Waals surface area contributed by atoms with E-state index in [9.17, 15) is 4.79 Å². The molecule has 0 aliphatic carbocycles. The highest BCUT2D eigenvalue weighted by molar-refractivity contribution is 6.33. The topological polar surface area (TPSA) is 52.3 Å². The molecule has 0 bridgehead atoms. The summed E-state index contributed by atoms with van der Waals surface area (Å²) in [6, 6.07) is 9.12. The fraction of sp³-hybridized carbons (Fsp3) is 0.0667. The Bertz CT molecular complexity index is 795. The number of furan rings is 1. The Balaban J connectivity index is 2.22. The number of hydrogen-bond acceptors (Lipinski definition) is 4. The van der Waals surface area contributed by atoms with Crippen molar-refractivity contribution in [2.75, 3.05) is 7.11 Å². The van der Waals surface area contributed by atoms with Crippen LogP contribution in [0.1, 0.15) is 10.4 Å². The highest BCUT2D eigenvalue weighted by atomic mass is 35.5. The van der Waals surface area contributed by atoms with Crippen molar-refractivity contribution >= 4 is 28.7 Å². The number of carbonyl (C=O) groups excluding carboxylic acids is 1. The largest absolute Gasteiger partial charge is 0.465 e. The van der Waals surface area contributed by atoms with Crippen molar-refractivity contribution < 1.29 is 13.9 Å². The Hall–Kier alpha value is -2.33. The minimum Gasteiger partial charge on any atom is -0.465 e. The van der Waals surface area contributed by atoms with E-state index in [4.69, 9.17) is 20.8 Å². The molecular formula is C15H10ClNO3. The molecule has 0 fully saturated rings. The second-order valence-corrected chi connectivity index (χ2v) is 4.60. The third-order valence-corrected chi connectivity index (χ3v) is 3.34. The van der Waals surface area contributed by atoms with Gasteiger partial charge in [0.05, 0.1) is 12.7 Å². The average molecular weight is 288 g/mol. The van der Waals surface area contributed by atoms with E-state index in [0.29, 0.717) is 16.3 Å². The number of halogens is 1. The van der Waals surface area contributed by atoms with Crippen LogP contribution in [-0.2, 0) is 4.74 Å². The van der Waals surface area contributed by atoms with Crippen LogP contribution in [0.4, 0.5) is 0 Å². The van der Waals surface area contributed by atoms with Crippen molar-refractivity contribution in [2.24, 2.45) is 0 Å². The van der Waals surface area contributed by atoms with Crippen LogP contribution in [0.5, 0.6) is 0 Å². The van der Waals surface area contributed by atoms with Crippen LogP contribution in [0.3, 0.4) is 0 Å². The number of aromatic nitrogens is 1. The molecule has 3 rings (SSSR count). The number of pyridine rings is 1. The highest BCUT2D eigenvalue weighted by Crippen LogP contribution is 2.34. The first-order chi connectivity index (χ1) is 9.70. The van der Waals surface area contributed by atoms with Gasteiger partial charge in [0, 0.05) is 27.7 Å². The van der Waals surface area contributed by atoms with Crippen LogP contribution >= 0.6 is 11.6 Å². The van der Waals surface area contributed by atoms with E-state index in [1.165, 1.54) is 13.3 Å². The van der Waals surface area contributed by atoms with E-state index < -0.39 is 5.97 Å². The van der Waals surface area contributed by atoms with Crippen molar-refractivity contribution in [2.45, 2.75) is 0 Å². The predicted molar refractivity (Wildman–Crippen MR) is 75.8 cm³/mol. The maximum atomic E-state index is 11.6. The zero-order valence-electron chi connectivity index (χ0n) is 10.6. The lowest BCUT2D eigenvalue weighted by atomic mass is 10.1. The molecule has 20 heavy (non-hydrogen) atoms. The lowest BCUT2D eigenvalue weighted by molar-refractivity contribution is 0.0600. The summed E-state index contributed by atoms with van der Waals surface area (Å²) in [4.78, 5) is 15.7. The number of esters is 1. The van der Waals surface area contributed by atoms with Gasteiger partial charge in [0.2, 0.25) is 5.71 Å². The summed E-state index contributed by atoms with van der Waals surface area (Å²) in [6.07, 6.45) is 3.01. The number of carbonyl (C=O) groups is 1. The molecule has 0 radical (unpaired) electrons. The maximum absolute atomic E-state index is 11.6. The van der Waals surface area contributed by atoms with Crippen LogP contribution in [0.15, 0.2) is 47.2 Å². The van der Waals surface area contributed by atoms with Gasteiger partial charge in [0.1, 0.15) is 6.26 Å². The predicted octanol–water partition coefficient (Wildman–Crippen LogP) is 3.93. The minimum atomic E-state index is -0.439. The Morgan fingerprint density at radius 3 is 2.85 bits per heavy atom. The van der Waals surface area contributed by atoms with Crippen molar-refractivity contribution in [3.8, 4) is 11.1 Å². The van der Waals surface area contributed by atoms with E-state index in [0.717, 1.165) is 16.5 Å². The second-order valence-electron chi connectivity index (χ2n) is 4.20. The van der Waals surface area contributed by atoms with E-state index in [1.54, 1.807) is 18.4 Å². The zero-order chi connectivity index (χ0) is 14.1. The Morgan fingerprint density at radius 2 is 2.10 bits per heavy atom. The fourth-order valence-electron chi connectivity index (χ4n) is 2.03. The number of rotatable bonds is 2. The van der Waals surface area contributed by atoms with Crippen LogP contribution in [0.25, 0.3) is 22.2 Å². The summed E-state index contributed by atoms with van der Waals surface area (Å²) >= 11 is 6.19. The molecule has 2 heterocycles. The first-order valence-corrected chi connectivity index (χ1v) is 6.29. The summed E-state index contributed by atoms with van der Waals surface area (Å²) in [5.41, 5.74) is 2.45. The lowest BCUT2D eigenvalue weighted by Crippen LogP contribution is -2.01. The van der Waals surface area contributed by atoms with Gasteiger partial charge >= 0.3 is 5.97 Å². The van der Waals surface area contributed by atoms with E-state index in [2.05, 4.69) is 4.98 Å². The molecule has 3 aromatic rings. The number of fused-ring (bicyclic) bond motifs is 1. The lowest BCUT2D eigenvalue weighted by Gasteiger charge is -2.02. The van der Waals surface area contributed by atoms with Gasteiger partial charge in [0.15, 0.2) is 0 Å². The maximum Gasteiger partial charge on any atom is 0.339 e. The summed E-state index contributed by atoms with van der Waals surface area (Å²) in [6.45, 7) is 0. The quantitative estimate of drug-likeness (QED) is 0.670. The number of hydrogen-bond donors (Lipinski definition) is 0. The van der Waals surface area contributed by atoms with E-state index >= 15 is 0 Å². The summed E-state index contributed by atoms with van der Waals surface area (Å²) < 4.78 is 10.1. The molecule has 4 nitrogen and oxygen atoms in total. The van der Waals surface area contributed by atoms with Gasteiger partial charge in [-0.15, -0.1) is 0 Å². The van der Waals surface area contributed by atoms with Crippen molar-refractivity contribution in [3.63, 3.8) is 0 Å². The smallest absolute Gasteiger partial charge is 0.339 e. The molecule has 0 saturated heterocycles. The van der Waals surface area contributed by atoms with Crippen LogP contribution in [-0.4, -0.2) is 18.1 Å². The van der Waals surface area contributed by atoms with Crippen molar-refractivity contribution in [1.82, 2.24) is 4.98 Å². The number of benzene rings is 1. The van der Waals surface area contributed by atoms with E-state index in [1.807, 2.05) is 18.2 Å². The molecule has 0 N–H and O–H groups in total. The molecule has 0 aliphatic rings. The van der Waals surface area contributed by atoms with Gasteiger partial charge in [-0.1, -0.05) is 29.8 Å². The molecule has 0 unspecified atom stereocenters. The van der Waals surface area contributed by atoms with Gasteiger partial charge in [-0.25, -0.2) is 9.78 Å². The number of methoxy groups -OCH3 is 1. The second kappa shape index (κ2) is 4.98. The molecule has 0 aliphatic heterocycles. The first-order valence-electron chi connectivity index (χ1n) is 5.91. The van der Waals surface area contributed by atoms with E-state index in [-0.39, 0.29) is 0 Å². The molecule has 5 heteroatoms. The van der Waals surface area contributed by atoms with Crippen LogP contribution in [0.2, 0.25) is 5.02 Å². The SMILES string of the molecule is COC(=O)c1cnc2occ(-c3ccccc3Cl)c2c1. The van der Waals surface area contributed by atoms with Crippen molar-refractivity contribution in [3.05, 3.63) is 53.4 Å². The normalized spacial score (nSPS) is 10.7. The molecule has 0 spiro atoms. The van der Waals surface area contributed by atoms with Gasteiger partial charge < -0.3 is 9.15 Å². The third-order valence-electron chi connectivity index (χ3n) is 3.01. The minimum absolute atomic E-state index is 0.370. The molecule has 0 saturated carbocycles. The van der Waals surface area contributed by atoms with Crippen LogP contribution in [0, 0.1) is 0 Å². The van der Waals surface area contributed by atoms with Crippen LogP contribution < -0.4 is 0 Å². The van der Waals surface area contributed by atoms with Gasteiger partial charge in [-0.3, -0.25) is 0 Å². The molecule has 2 aromatic heterocycles. The van der Waals surface area contributed by atoms with Gasteiger partial charge in [-0.05, 0) is 12.1 Å². The monoisotopic (exact) mass is 287 g/mol. The first kappa shape index (κ1) is 12.7. The fourth-order valence-corrected chi connectivity index (χ4v) is 2.27. The average Bonchev–Trinajstić information content (AvgIpc) is 2.90. The molecular weight excluding hydrogens is 278 g/mol. The number of ether oxygens (including phenoxy) is 1. The third kappa shape index (κ3) is 2.04. The Labute approximate surface area is 119 Å². The summed E-state index contributed by atoms with van der Waals surface area (Å²) in [5, 5.41) is 1.33. The Kier molecular flexibility index (Phi) is 3.16. The zero-order valence-corrected chi connectivity index (χ0v) is 11.3. The van der Waals surface area contributed by atoms with Gasteiger partial charge in [-0.2, -0.15) is 0 Å². The molecule has 100 valence electrons. The highest BCUT2D eigenvalue weighted by Gasteiger charge is 2.14. The van der Waals surface area contributed by atoms with Gasteiger partial charge in [0.25, 0.3) is 0 Å².